The highest BCUT2D eigenvalue weighted by atomic mass is 35.5. The van der Waals surface area contributed by atoms with Gasteiger partial charge in [-0.3, -0.25) is 9.59 Å². The van der Waals surface area contributed by atoms with Crippen LogP contribution in [0.25, 0.3) is 20.2 Å². The first-order valence-electron chi connectivity index (χ1n) is 12.9. The van der Waals surface area contributed by atoms with Crippen LogP contribution in [0.5, 0.6) is 0 Å². The number of halogens is 2. The van der Waals surface area contributed by atoms with Crippen LogP contribution in [0.15, 0.2) is 48.5 Å². The van der Waals surface area contributed by atoms with Crippen LogP contribution in [-0.2, 0) is 0 Å². The summed E-state index contributed by atoms with van der Waals surface area (Å²) in [6.07, 6.45) is 1.81. The molecule has 4 aromatic rings. The van der Waals surface area contributed by atoms with Crippen molar-refractivity contribution in [2.75, 3.05) is 52.4 Å². The first-order chi connectivity index (χ1) is 18.5. The molecular formula is C28H30Cl2N4O2S2. The predicted octanol–water partition coefficient (Wildman–Crippen LogP) is 5.98. The Bertz CT molecular complexity index is 1320. The molecular weight excluding hydrogens is 559 g/mol. The molecule has 0 radical (unpaired) electrons. The van der Waals surface area contributed by atoms with Crippen molar-refractivity contribution in [3.63, 3.8) is 0 Å². The number of benzene rings is 2. The number of carbonyl (C=O) groups is 2. The number of nitrogens with one attached hydrogen (secondary N) is 2. The molecule has 3 heterocycles. The van der Waals surface area contributed by atoms with E-state index in [1.165, 1.54) is 22.7 Å². The molecule has 1 aliphatic heterocycles. The summed E-state index contributed by atoms with van der Waals surface area (Å²) in [4.78, 5) is 31.3. The third-order valence-corrected chi connectivity index (χ3v) is 10.2. The van der Waals surface area contributed by atoms with E-state index in [0.717, 1.165) is 72.3 Å². The average molecular weight is 590 g/mol. The Morgan fingerprint density at radius 1 is 0.684 bits per heavy atom. The summed E-state index contributed by atoms with van der Waals surface area (Å²) in [6.45, 7) is 7.24. The highest BCUT2D eigenvalue weighted by Crippen LogP contribution is 2.36. The van der Waals surface area contributed by atoms with Gasteiger partial charge in [-0.1, -0.05) is 59.6 Å². The molecule has 2 N–H and O–H groups in total. The number of nitrogens with zero attached hydrogens (tertiary/aromatic N) is 2. The second-order valence-corrected chi connectivity index (χ2v) is 12.2. The smallest absolute Gasteiger partial charge is 0.262 e. The van der Waals surface area contributed by atoms with Crippen molar-refractivity contribution < 1.29 is 9.59 Å². The summed E-state index contributed by atoms with van der Waals surface area (Å²) in [5.41, 5.74) is 0. The molecule has 5 rings (SSSR count). The quantitative estimate of drug-likeness (QED) is 0.224. The number of fused-ring (bicyclic) bond motifs is 2. The normalized spacial score (nSPS) is 14.8. The summed E-state index contributed by atoms with van der Waals surface area (Å²) < 4.78 is 2.06. The second kappa shape index (κ2) is 12.8. The minimum Gasteiger partial charge on any atom is -0.351 e. The van der Waals surface area contributed by atoms with Crippen molar-refractivity contribution in [3.8, 4) is 0 Å². The van der Waals surface area contributed by atoms with Gasteiger partial charge in [0, 0.05) is 59.4 Å². The maximum absolute atomic E-state index is 12.6. The van der Waals surface area contributed by atoms with Crippen molar-refractivity contribution >= 4 is 77.9 Å². The van der Waals surface area contributed by atoms with Gasteiger partial charge in [0.15, 0.2) is 0 Å². The van der Waals surface area contributed by atoms with E-state index in [1.54, 1.807) is 0 Å². The summed E-state index contributed by atoms with van der Waals surface area (Å²) in [5, 5.41) is 9.01. The van der Waals surface area contributed by atoms with Crippen LogP contribution in [0.1, 0.15) is 32.2 Å². The van der Waals surface area contributed by atoms with Gasteiger partial charge in [0.1, 0.15) is 9.75 Å². The lowest BCUT2D eigenvalue weighted by atomic mass is 10.2. The van der Waals surface area contributed by atoms with E-state index >= 15 is 0 Å². The highest BCUT2D eigenvalue weighted by Gasteiger charge is 2.19. The fraction of sp³-hybridized carbons (Fsp3) is 0.357. The van der Waals surface area contributed by atoms with Gasteiger partial charge in [0.05, 0.1) is 10.0 Å². The SMILES string of the molecule is O=C(NCCCN1CCN(CCCNC(=O)c2sc3ccccc3c2Cl)CC1)c1sc2ccccc2c1Cl. The van der Waals surface area contributed by atoms with Crippen molar-refractivity contribution in [2.24, 2.45) is 0 Å². The fourth-order valence-electron chi connectivity index (χ4n) is 4.73. The largest absolute Gasteiger partial charge is 0.351 e. The molecule has 0 spiro atoms. The third-order valence-electron chi connectivity index (χ3n) is 6.82. The van der Waals surface area contributed by atoms with Gasteiger partial charge >= 0.3 is 0 Å². The minimum absolute atomic E-state index is 0.0947. The number of amides is 2. The van der Waals surface area contributed by atoms with Gasteiger partial charge < -0.3 is 20.4 Å². The number of thiophene rings is 2. The summed E-state index contributed by atoms with van der Waals surface area (Å²) in [6, 6.07) is 15.7. The summed E-state index contributed by atoms with van der Waals surface area (Å²) in [7, 11) is 0. The Labute approximate surface area is 240 Å². The fourth-order valence-corrected chi connectivity index (χ4v) is 7.59. The number of piperazine rings is 1. The molecule has 0 aliphatic carbocycles. The Kier molecular flexibility index (Phi) is 9.20. The number of rotatable bonds is 10. The summed E-state index contributed by atoms with van der Waals surface area (Å²) >= 11 is 15.7. The Hall–Kier alpha value is -2.20. The molecule has 0 atom stereocenters. The molecule has 0 unspecified atom stereocenters. The molecule has 6 nitrogen and oxygen atoms in total. The molecule has 0 bridgehead atoms. The topological polar surface area (TPSA) is 64.7 Å². The molecule has 10 heteroatoms. The third kappa shape index (κ3) is 6.33. The lowest BCUT2D eigenvalue weighted by Crippen LogP contribution is -2.47. The van der Waals surface area contributed by atoms with E-state index < -0.39 is 0 Å². The average Bonchev–Trinajstić information content (AvgIpc) is 3.46. The molecule has 38 heavy (non-hydrogen) atoms. The zero-order valence-electron chi connectivity index (χ0n) is 21.0. The molecule has 1 saturated heterocycles. The minimum atomic E-state index is -0.0947. The molecule has 1 fully saturated rings. The van der Waals surface area contributed by atoms with E-state index in [2.05, 4.69) is 20.4 Å². The lowest BCUT2D eigenvalue weighted by Gasteiger charge is -2.34. The number of hydrogen-bond acceptors (Lipinski definition) is 6. The van der Waals surface area contributed by atoms with Gasteiger partial charge in [-0.25, -0.2) is 0 Å². The van der Waals surface area contributed by atoms with Crippen LogP contribution in [0.4, 0.5) is 0 Å². The van der Waals surface area contributed by atoms with Gasteiger partial charge in [0.2, 0.25) is 0 Å². The molecule has 200 valence electrons. The number of hydrogen-bond donors (Lipinski definition) is 2. The first-order valence-corrected chi connectivity index (χ1v) is 15.3. The Balaban J connectivity index is 0.957. The molecule has 0 saturated carbocycles. The Morgan fingerprint density at radius 3 is 1.47 bits per heavy atom. The standard InChI is InChI=1S/C28H30Cl2N4O2S2/c29-23-19-7-1-3-9-21(19)37-25(23)27(35)31-11-5-13-33-15-17-34(18-16-33)14-6-12-32-28(36)26-24(30)20-8-2-4-10-22(20)38-26/h1-4,7-10H,5-6,11-18H2,(H,31,35)(H,32,36). The van der Waals surface area contributed by atoms with Crippen LogP contribution in [0.2, 0.25) is 10.0 Å². The van der Waals surface area contributed by atoms with E-state index in [0.29, 0.717) is 32.9 Å². The van der Waals surface area contributed by atoms with E-state index in [1.807, 2.05) is 48.5 Å². The highest BCUT2D eigenvalue weighted by molar-refractivity contribution is 7.22. The van der Waals surface area contributed by atoms with Crippen LogP contribution >= 0.6 is 45.9 Å². The van der Waals surface area contributed by atoms with Crippen molar-refractivity contribution in [1.29, 1.82) is 0 Å². The van der Waals surface area contributed by atoms with Gasteiger partial charge in [0.25, 0.3) is 11.8 Å². The van der Waals surface area contributed by atoms with Crippen LogP contribution in [0.3, 0.4) is 0 Å². The maximum Gasteiger partial charge on any atom is 0.262 e. The van der Waals surface area contributed by atoms with Crippen molar-refractivity contribution in [2.45, 2.75) is 12.8 Å². The number of carbonyl (C=O) groups excluding carboxylic acids is 2. The van der Waals surface area contributed by atoms with E-state index in [9.17, 15) is 9.59 Å². The summed E-state index contributed by atoms with van der Waals surface area (Å²) in [5.74, 6) is -0.189. The van der Waals surface area contributed by atoms with Crippen LogP contribution < -0.4 is 10.6 Å². The molecule has 2 amide bonds. The van der Waals surface area contributed by atoms with Crippen molar-refractivity contribution in [1.82, 2.24) is 20.4 Å². The Morgan fingerprint density at radius 2 is 1.08 bits per heavy atom. The lowest BCUT2D eigenvalue weighted by molar-refractivity contribution is 0.0939. The zero-order valence-corrected chi connectivity index (χ0v) is 24.1. The van der Waals surface area contributed by atoms with E-state index in [-0.39, 0.29) is 11.8 Å². The maximum atomic E-state index is 12.6. The van der Waals surface area contributed by atoms with E-state index in [4.69, 9.17) is 23.2 Å². The van der Waals surface area contributed by atoms with Crippen LogP contribution in [-0.4, -0.2) is 74.0 Å². The van der Waals surface area contributed by atoms with Crippen molar-refractivity contribution in [3.05, 3.63) is 68.3 Å². The zero-order chi connectivity index (χ0) is 26.5. The first kappa shape index (κ1) is 27.4. The monoisotopic (exact) mass is 588 g/mol. The molecule has 2 aromatic carbocycles. The van der Waals surface area contributed by atoms with Gasteiger partial charge in [-0.15, -0.1) is 22.7 Å². The molecule has 1 aliphatic rings. The van der Waals surface area contributed by atoms with Gasteiger partial charge in [-0.05, 0) is 38.1 Å². The van der Waals surface area contributed by atoms with Gasteiger partial charge in [-0.2, -0.15) is 0 Å². The second-order valence-electron chi connectivity index (χ2n) is 9.38. The molecule has 2 aromatic heterocycles. The van der Waals surface area contributed by atoms with Crippen LogP contribution in [0, 0.1) is 0 Å². The predicted molar refractivity (Wildman–Crippen MR) is 160 cm³/mol.